The van der Waals surface area contributed by atoms with Crippen LogP contribution in [0, 0.1) is 0 Å². The van der Waals surface area contributed by atoms with Crippen molar-refractivity contribution in [2.24, 2.45) is 7.05 Å². The second-order valence-corrected chi connectivity index (χ2v) is 6.59. The molecular weight excluding hydrogens is 282 g/mol. The molecule has 0 spiro atoms. The number of aromatic nitrogens is 4. The summed E-state index contributed by atoms with van der Waals surface area (Å²) in [5.74, 6) is 1.62. The van der Waals surface area contributed by atoms with Gasteiger partial charge in [-0.25, -0.2) is 13.1 Å². The van der Waals surface area contributed by atoms with Gasteiger partial charge in [-0.15, -0.1) is 0 Å². The number of rotatable bonds is 6. The summed E-state index contributed by atoms with van der Waals surface area (Å²) in [6, 6.07) is 0. The van der Waals surface area contributed by atoms with Crippen LogP contribution in [0.25, 0.3) is 0 Å². The van der Waals surface area contributed by atoms with Crippen molar-refractivity contribution in [3.63, 3.8) is 0 Å². The van der Waals surface area contributed by atoms with Gasteiger partial charge in [-0.1, -0.05) is 5.16 Å². The highest BCUT2D eigenvalue weighted by Crippen LogP contribution is 2.38. The van der Waals surface area contributed by atoms with Crippen LogP contribution in [-0.4, -0.2) is 34.9 Å². The summed E-state index contributed by atoms with van der Waals surface area (Å²) in [7, 11) is -1.87. The highest BCUT2D eigenvalue weighted by Gasteiger charge is 2.28. The van der Waals surface area contributed by atoms with Crippen molar-refractivity contribution >= 4 is 10.0 Å². The molecule has 1 N–H and O–H groups in total. The van der Waals surface area contributed by atoms with Crippen LogP contribution in [0.3, 0.4) is 0 Å². The van der Waals surface area contributed by atoms with Gasteiger partial charge in [-0.05, 0) is 12.8 Å². The Kier molecular flexibility index (Phi) is 3.30. The molecule has 0 radical (unpaired) electrons. The van der Waals surface area contributed by atoms with Crippen molar-refractivity contribution in [3.05, 3.63) is 24.1 Å². The third-order valence-electron chi connectivity index (χ3n) is 3.05. The lowest BCUT2D eigenvalue weighted by Gasteiger charge is -2.01. The van der Waals surface area contributed by atoms with Crippen LogP contribution in [0.4, 0.5) is 0 Å². The molecule has 0 saturated heterocycles. The Hall–Kier alpha value is -1.74. The zero-order valence-electron chi connectivity index (χ0n) is 11.0. The van der Waals surface area contributed by atoms with Gasteiger partial charge in [0, 0.05) is 32.1 Å². The minimum absolute atomic E-state index is 0.143. The largest absolute Gasteiger partial charge is 0.339 e. The Labute approximate surface area is 116 Å². The molecule has 1 saturated carbocycles. The van der Waals surface area contributed by atoms with Crippen molar-refractivity contribution in [1.29, 1.82) is 0 Å². The van der Waals surface area contributed by atoms with Crippen molar-refractivity contribution in [1.82, 2.24) is 24.6 Å². The number of sulfonamides is 1. The second kappa shape index (κ2) is 4.98. The van der Waals surface area contributed by atoms with Gasteiger partial charge in [-0.2, -0.15) is 10.1 Å². The predicted molar refractivity (Wildman–Crippen MR) is 68.4 cm³/mol. The molecule has 1 fully saturated rings. The maximum absolute atomic E-state index is 11.9. The van der Waals surface area contributed by atoms with Gasteiger partial charge < -0.3 is 4.52 Å². The van der Waals surface area contributed by atoms with E-state index < -0.39 is 10.0 Å². The van der Waals surface area contributed by atoms with Crippen LogP contribution in [0.15, 0.2) is 21.8 Å². The zero-order valence-corrected chi connectivity index (χ0v) is 11.8. The molecule has 2 aromatic heterocycles. The van der Waals surface area contributed by atoms with E-state index in [0.717, 1.165) is 18.7 Å². The molecule has 3 rings (SSSR count). The average Bonchev–Trinajstić information content (AvgIpc) is 2.97. The van der Waals surface area contributed by atoms with E-state index in [1.54, 1.807) is 7.05 Å². The van der Waals surface area contributed by atoms with Crippen molar-refractivity contribution in [2.75, 3.05) is 6.54 Å². The lowest BCUT2D eigenvalue weighted by atomic mass is 10.4. The highest BCUT2D eigenvalue weighted by molar-refractivity contribution is 7.89. The summed E-state index contributed by atoms with van der Waals surface area (Å²) in [6.07, 6.45) is 5.33. The summed E-state index contributed by atoms with van der Waals surface area (Å²) in [5, 5.41) is 7.71. The Balaban J connectivity index is 1.56. The number of aryl methyl sites for hydroxylation is 1. The van der Waals surface area contributed by atoms with Crippen molar-refractivity contribution < 1.29 is 12.9 Å². The first-order valence-corrected chi connectivity index (χ1v) is 7.84. The van der Waals surface area contributed by atoms with Gasteiger partial charge in [-0.3, -0.25) is 4.68 Å². The third-order valence-corrected chi connectivity index (χ3v) is 4.46. The van der Waals surface area contributed by atoms with Crippen LogP contribution in [-0.2, 0) is 23.5 Å². The maximum Gasteiger partial charge on any atom is 0.243 e. The van der Waals surface area contributed by atoms with E-state index >= 15 is 0 Å². The third kappa shape index (κ3) is 2.88. The summed E-state index contributed by atoms with van der Waals surface area (Å²) < 4.78 is 32.9. The molecule has 1 aliphatic rings. The molecule has 20 heavy (non-hydrogen) atoms. The van der Waals surface area contributed by atoms with Gasteiger partial charge in [0.05, 0.1) is 6.20 Å². The van der Waals surface area contributed by atoms with Crippen molar-refractivity contribution in [3.8, 4) is 0 Å². The molecule has 8 nitrogen and oxygen atoms in total. The Morgan fingerprint density at radius 1 is 1.50 bits per heavy atom. The minimum atomic E-state index is -3.53. The van der Waals surface area contributed by atoms with Crippen LogP contribution >= 0.6 is 0 Å². The standard InChI is InChI=1S/C11H15N5O3S/c1-16-7-9(6-12-16)20(17,18)13-5-4-10-14-11(15-19-10)8-2-3-8/h6-8,13H,2-5H2,1H3. The van der Waals surface area contributed by atoms with Crippen LogP contribution in [0.2, 0.25) is 0 Å². The number of nitrogens with one attached hydrogen (secondary N) is 1. The Morgan fingerprint density at radius 2 is 2.30 bits per heavy atom. The molecule has 1 aliphatic carbocycles. The van der Waals surface area contributed by atoms with Gasteiger partial charge in [0.1, 0.15) is 4.90 Å². The van der Waals surface area contributed by atoms with E-state index in [4.69, 9.17) is 4.52 Å². The van der Waals surface area contributed by atoms with E-state index in [1.165, 1.54) is 17.1 Å². The van der Waals surface area contributed by atoms with E-state index in [2.05, 4.69) is 20.0 Å². The fraction of sp³-hybridized carbons (Fsp3) is 0.545. The first-order chi connectivity index (χ1) is 9.54. The summed E-state index contributed by atoms with van der Waals surface area (Å²) in [6.45, 7) is 0.212. The molecule has 9 heteroatoms. The van der Waals surface area contributed by atoms with Crippen molar-refractivity contribution in [2.45, 2.75) is 30.1 Å². The molecule has 0 aliphatic heterocycles. The summed E-state index contributed by atoms with van der Waals surface area (Å²) in [5.41, 5.74) is 0. The summed E-state index contributed by atoms with van der Waals surface area (Å²) in [4.78, 5) is 4.38. The number of hydrogen-bond acceptors (Lipinski definition) is 6. The highest BCUT2D eigenvalue weighted by atomic mass is 32.2. The second-order valence-electron chi connectivity index (χ2n) is 4.82. The van der Waals surface area contributed by atoms with Crippen LogP contribution < -0.4 is 4.72 Å². The minimum Gasteiger partial charge on any atom is -0.339 e. The maximum atomic E-state index is 11.9. The number of hydrogen-bond donors (Lipinski definition) is 1. The van der Waals surface area contributed by atoms with Gasteiger partial charge >= 0.3 is 0 Å². The zero-order chi connectivity index (χ0) is 14.2. The van der Waals surface area contributed by atoms with Crippen LogP contribution in [0.5, 0.6) is 0 Å². The number of nitrogens with zero attached hydrogens (tertiary/aromatic N) is 4. The first kappa shape index (κ1) is 13.3. The smallest absolute Gasteiger partial charge is 0.243 e. The normalized spacial score (nSPS) is 15.7. The molecular formula is C11H15N5O3S. The Morgan fingerprint density at radius 3 is 2.95 bits per heavy atom. The van der Waals surface area contributed by atoms with E-state index in [0.29, 0.717) is 18.2 Å². The Bertz CT molecular complexity index is 701. The predicted octanol–water partition coefficient (Wildman–Crippen LogP) is 0.201. The molecule has 0 bridgehead atoms. The lowest BCUT2D eigenvalue weighted by molar-refractivity contribution is 0.373. The fourth-order valence-corrected chi connectivity index (χ4v) is 2.80. The SMILES string of the molecule is Cn1cc(S(=O)(=O)NCCc2nc(C3CC3)no2)cn1. The molecule has 2 aromatic rings. The molecule has 2 heterocycles. The molecule has 0 atom stereocenters. The van der Waals surface area contributed by atoms with E-state index in [-0.39, 0.29) is 11.4 Å². The fourth-order valence-electron chi connectivity index (χ4n) is 1.79. The molecule has 0 unspecified atom stereocenters. The molecule has 108 valence electrons. The first-order valence-electron chi connectivity index (χ1n) is 6.35. The molecule has 0 amide bonds. The van der Waals surface area contributed by atoms with E-state index in [9.17, 15) is 8.42 Å². The monoisotopic (exact) mass is 297 g/mol. The average molecular weight is 297 g/mol. The summed E-state index contributed by atoms with van der Waals surface area (Å²) >= 11 is 0. The van der Waals surface area contributed by atoms with Gasteiger partial charge in [0.2, 0.25) is 15.9 Å². The topological polar surface area (TPSA) is 103 Å². The quantitative estimate of drug-likeness (QED) is 0.817. The van der Waals surface area contributed by atoms with Gasteiger partial charge in [0.25, 0.3) is 0 Å². The van der Waals surface area contributed by atoms with E-state index in [1.807, 2.05) is 0 Å². The lowest BCUT2D eigenvalue weighted by Crippen LogP contribution is -2.25. The molecule has 0 aromatic carbocycles. The van der Waals surface area contributed by atoms with Crippen LogP contribution in [0.1, 0.15) is 30.5 Å². The van der Waals surface area contributed by atoms with Gasteiger partial charge in [0.15, 0.2) is 5.82 Å².